The number of halogens is 1. The molecule has 146 valence electrons. The first-order valence-electron chi connectivity index (χ1n) is 7.94. The Morgan fingerprint density at radius 3 is 2.54 bits per heavy atom. The second kappa shape index (κ2) is 7.99. The number of hydrogen-bond acceptors (Lipinski definition) is 7. The summed E-state index contributed by atoms with van der Waals surface area (Å²) in [5.41, 5.74) is -0.371. The minimum Gasteiger partial charge on any atom is -0.378 e. The van der Waals surface area contributed by atoms with Crippen LogP contribution in [-0.4, -0.2) is 69.6 Å². The van der Waals surface area contributed by atoms with Crippen molar-refractivity contribution in [2.45, 2.75) is 10.9 Å². The molecule has 1 unspecified atom stereocenters. The van der Waals surface area contributed by atoms with E-state index in [1.54, 1.807) is 6.66 Å². The molecule has 12 heteroatoms. The topological polar surface area (TPSA) is 136 Å². The number of benzene rings is 1. The number of anilines is 1. The zero-order chi connectivity index (χ0) is 19.5. The lowest BCUT2D eigenvalue weighted by molar-refractivity contribution is -0.384. The van der Waals surface area contributed by atoms with Gasteiger partial charge in [-0.15, -0.1) is 0 Å². The molecule has 3 N–H and O–H groups in total. The third-order valence-corrected chi connectivity index (χ3v) is 7.64. The van der Waals surface area contributed by atoms with E-state index >= 15 is 0 Å². The van der Waals surface area contributed by atoms with E-state index in [1.165, 1.54) is 6.07 Å². The first kappa shape index (κ1) is 20.8. The fraction of sp³-hybridized carbons (Fsp3) is 0.571. The minimum atomic E-state index is -4.07. The summed E-state index contributed by atoms with van der Waals surface area (Å²) in [4.78, 5) is 12.0. The lowest BCUT2D eigenvalue weighted by Gasteiger charge is -2.35. The fourth-order valence-electron chi connectivity index (χ4n) is 2.77. The van der Waals surface area contributed by atoms with E-state index in [0.29, 0.717) is 25.4 Å². The van der Waals surface area contributed by atoms with Crippen molar-refractivity contribution in [3.05, 3.63) is 28.3 Å². The van der Waals surface area contributed by atoms with Gasteiger partial charge >= 0.3 is 0 Å². The summed E-state index contributed by atoms with van der Waals surface area (Å²) in [5, 5.41) is 19.0. The van der Waals surface area contributed by atoms with Gasteiger partial charge < -0.3 is 9.88 Å². The molecule has 1 aliphatic heterocycles. The lowest BCUT2D eigenvalue weighted by Crippen LogP contribution is -2.46. The number of nitro benzene ring substituents is 1. The van der Waals surface area contributed by atoms with Crippen LogP contribution < -0.4 is 10.5 Å². The van der Waals surface area contributed by atoms with Gasteiger partial charge in [-0.2, -0.15) is 0 Å². The molecule has 0 saturated carbocycles. The molecule has 1 atom stereocenters. The first-order chi connectivity index (χ1) is 12.0. The molecular weight excluding hydrogens is 386 g/mol. The Hall–Kier alpha value is -1.55. The molecular formula is C14H22FN4O5PS. The molecule has 1 aromatic carbocycles. The van der Waals surface area contributed by atoms with Crippen LogP contribution in [0.5, 0.6) is 0 Å². The molecule has 0 amide bonds. The Balaban J connectivity index is 2.12. The number of alkyl halides is 1. The van der Waals surface area contributed by atoms with Gasteiger partial charge in [0, 0.05) is 38.0 Å². The van der Waals surface area contributed by atoms with Gasteiger partial charge in [0.15, 0.2) is 0 Å². The monoisotopic (exact) mass is 408 g/mol. The van der Waals surface area contributed by atoms with Crippen LogP contribution in [0.25, 0.3) is 0 Å². The summed E-state index contributed by atoms with van der Waals surface area (Å²) in [6.45, 7) is 2.20. The average Bonchev–Trinajstić information content (AvgIpc) is 2.55. The minimum absolute atomic E-state index is 0.0824. The van der Waals surface area contributed by atoms with Gasteiger partial charge in [0.05, 0.1) is 23.0 Å². The average molecular weight is 408 g/mol. The number of hydrogen-bond donors (Lipinski definition) is 2. The van der Waals surface area contributed by atoms with E-state index in [1.807, 2.05) is 4.90 Å². The second-order valence-electron chi connectivity index (χ2n) is 6.45. The highest BCUT2D eigenvalue weighted by atomic mass is 32.2. The highest BCUT2D eigenvalue weighted by Crippen LogP contribution is 2.43. The van der Waals surface area contributed by atoms with Crippen LogP contribution in [0, 0.1) is 10.1 Å². The highest BCUT2D eigenvalue weighted by Gasteiger charge is 2.29. The number of nitrogens with zero attached hydrogens (tertiary/aromatic N) is 2. The number of rotatable bonds is 7. The van der Waals surface area contributed by atoms with E-state index in [9.17, 15) is 27.5 Å². The van der Waals surface area contributed by atoms with Crippen molar-refractivity contribution >= 4 is 28.5 Å². The van der Waals surface area contributed by atoms with Gasteiger partial charge in [-0.05, 0) is 18.8 Å². The lowest BCUT2D eigenvalue weighted by atomic mass is 10.2. The Bertz CT molecular complexity index is 823. The van der Waals surface area contributed by atoms with Crippen molar-refractivity contribution in [3.63, 3.8) is 0 Å². The maximum Gasteiger partial charge on any atom is 0.293 e. The number of nitrogens with one attached hydrogen (secondary N) is 1. The second-order valence-corrected chi connectivity index (χ2v) is 11.5. The zero-order valence-corrected chi connectivity index (χ0v) is 16.0. The summed E-state index contributed by atoms with van der Waals surface area (Å²) >= 11 is 0. The van der Waals surface area contributed by atoms with Gasteiger partial charge in [-0.1, -0.05) is 0 Å². The van der Waals surface area contributed by atoms with Crippen LogP contribution in [0.4, 0.5) is 15.8 Å². The Kier molecular flexibility index (Phi) is 6.38. The molecule has 0 aromatic heterocycles. The number of nitro groups is 1. The predicted octanol–water partition coefficient (Wildman–Crippen LogP) is 1.30. The van der Waals surface area contributed by atoms with E-state index in [4.69, 9.17) is 5.14 Å². The van der Waals surface area contributed by atoms with E-state index in [0.717, 1.165) is 12.1 Å². The molecule has 0 radical (unpaired) electrons. The molecule has 1 saturated heterocycles. The summed E-state index contributed by atoms with van der Waals surface area (Å²) in [6.07, 6.45) is 1.04. The van der Waals surface area contributed by atoms with Crippen molar-refractivity contribution < 1.29 is 22.3 Å². The third kappa shape index (κ3) is 5.23. The van der Waals surface area contributed by atoms with Crippen molar-refractivity contribution in [2.24, 2.45) is 5.14 Å². The molecule has 0 spiro atoms. The molecule has 1 fully saturated rings. The van der Waals surface area contributed by atoms with Crippen molar-refractivity contribution in [1.29, 1.82) is 0 Å². The van der Waals surface area contributed by atoms with Crippen LogP contribution in [0.15, 0.2) is 23.1 Å². The van der Waals surface area contributed by atoms with Crippen LogP contribution in [-0.2, 0) is 14.6 Å². The molecule has 1 aromatic rings. The summed E-state index contributed by atoms with van der Waals surface area (Å²) in [6, 6.07) is 2.75. The van der Waals surface area contributed by atoms with E-state index in [-0.39, 0.29) is 17.1 Å². The van der Waals surface area contributed by atoms with Gasteiger partial charge in [-0.25, -0.2) is 17.9 Å². The van der Waals surface area contributed by atoms with Crippen LogP contribution >= 0.6 is 7.14 Å². The maximum atomic E-state index is 13.4. The normalized spacial score (nSPS) is 19.0. The number of sulfonamides is 1. The zero-order valence-electron chi connectivity index (χ0n) is 14.3. The standard InChI is InChI=1S/C14H22FN4O5PS/c1-25(22)6-4-18(5-7-25)11(9-15)10-17-13-3-2-12(26(16,23)24)8-14(13)19(20)21/h2-3,8,11,17H,4-7,9-10H2,1H3,(H2,16,23,24). The third-order valence-electron chi connectivity index (χ3n) is 4.44. The highest BCUT2D eigenvalue weighted by molar-refractivity contribution is 7.89. The van der Waals surface area contributed by atoms with Gasteiger partial charge in [0.1, 0.15) is 12.4 Å². The molecule has 1 aliphatic rings. The Labute approximate surface area is 151 Å². The Morgan fingerprint density at radius 2 is 2.04 bits per heavy atom. The quantitative estimate of drug-likeness (QED) is 0.394. The van der Waals surface area contributed by atoms with Crippen molar-refractivity contribution in [1.82, 2.24) is 4.90 Å². The van der Waals surface area contributed by atoms with E-state index < -0.39 is 40.5 Å². The summed E-state index contributed by atoms with van der Waals surface area (Å²) < 4.78 is 48.2. The van der Waals surface area contributed by atoms with Crippen LogP contribution in [0.3, 0.4) is 0 Å². The van der Waals surface area contributed by atoms with Gasteiger partial charge in [0.2, 0.25) is 10.0 Å². The van der Waals surface area contributed by atoms with Crippen LogP contribution in [0.2, 0.25) is 0 Å². The molecule has 9 nitrogen and oxygen atoms in total. The summed E-state index contributed by atoms with van der Waals surface area (Å²) in [5.74, 6) is 0. The molecule has 0 bridgehead atoms. The number of primary sulfonamides is 1. The fourth-order valence-corrected chi connectivity index (χ4v) is 4.88. The number of nitrogens with two attached hydrogens (primary N) is 1. The first-order valence-corrected chi connectivity index (χ1v) is 12.0. The summed E-state index contributed by atoms with van der Waals surface area (Å²) in [7, 11) is -6.20. The molecule has 0 aliphatic carbocycles. The van der Waals surface area contributed by atoms with Crippen molar-refractivity contribution in [2.75, 3.05) is 50.6 Å². The van der Waals surface area contributed by atoms with Crippen molar-refractivity contribution in [3.8, 4) is 0 Å². The molecule has 1 heterocycles. The largest absolute Gasteiger partial charge is 0.378 e. The Morgan fingerprint density at radius 1 is 1.42 bits per heavy atom. The predicted molar refractivity (Wildman–Crippen MR) is 97.6 cm³/mol. The van der Waals surface area contributed by atoms with Gasteiger partial charge in [-0.3, -0.25) is 15.0 Å². The molecule has 2 rings (SSSR count). The van der Waals surface area contributed by atoms with Crippen LogP contribution in [0.1, 0.15) is 0 Å². The SMILES string of the molecule is CP1(=O)CCN(C(CF)CNc2ccc(S(N)(=O)=O)cc2[N+](=O)[O-])CC1. The maximum absolute atomic E-state index is 13.4. The van der Waals surface area contributed by atoms with Gasteiger partial charge in [0.25, 0.3) is 5.69 Å². The molecule has 26 heavy (non-hydrogen) atoms. The smallest absolute Gasteiger partial charge is 0.293 e. The van der Waals surface area contributed by atoms with E-state index in [2.05, 4.69) is 5.32 Å².